The molecule has 1 aliphatic heterocycles. The summed E-state index contributed by atoms with van der Waals surface area (Å²) < 4.78 is 24.8. The number of phenolic OH excluding ortho intramolecular Hbond substituents is 1. The summed E-state index contributed by atoms with van der Waals surface area (Å²) in [6.45, 7) is 0.963. The number of piperidine rings is 1. The predicted molar refractivity (Wildman–Crippen MR) is 109 cm³/mol. The lowest BCUT2D eigenvalue weighted by atomic mass is 10.0. The van der Waals surface area contributed by atoms with Crippen molar-refractivity contribution in [3.05, 3.63) is 59.7 Å². The smallest absolute Gasteiger partial charge is 0.257 e. The standard InChI is InChI=1S/C20H23N3O5S/c1-29(27,28)22-16-8-6-14(7-9-16)19(25)21-15-10-12-23(13-11-15)20(26)17-4-2-3-5-18(17)24/h2-9,15,22,24H,10-13H2,1H3,(H,21,25). The molecule has 0 unspecified atom stereocenters. The Balaban J connectivity index is 1.53. The first-order valence-corrected chi connectivity index (χ1v) is 11.1. The van der Waals surface area contributed by atoms with E-state index in [0.717, 1.165) is 6.26 Å². The second kappa shape index (κ2) is 8.52. The van der Waals surface area contributed by atoms with Crippen LogP contribution in [-0.2, 0) is 10.0 Å². The molecule has 0 aromatic heterocycles. The minimum Gasteiger partial charge on any atom is -0.507 e. The van der Waals surface area contributed by atoms with E-state index in [1.54, 1.807) is 35.2 Å². The first kappa shape index (κ1) is 20.7. The van der Waals surface area contributed by atoms with E-state index in [4.69, 9.17) is 0 Å². The largest absolute Gasteiger partial charge is 0.507 e. The topological polar surface area (TPSA) is 116 Å². The first-order valence-electron chi connectivity index (χ1n) is 9.19. The Morgan fingerprint density at radius 3 is 2.24 bits per heavy atom. The van der Waals surface area contributed by atoms with Gasteiger partial charge in [0, 0.05) is 30.4 Å². The van der Waals surface area contributed by atoms with Crippen LogP contribution in [0, 0.1) is 0 Å². The third-order valence-corrected chi connectivity index (χ3v) is 5.31. The van der Waals surface area contributed by atoms with Crippen LogP contribution in [0.2, 0.25) is 0 Å². The number of benzene rings is 2. The van der Waals surface area contributed by atoms with Gasteiger partial charge in [0.05, 0.1) is 11.8 Å². The highest BCUT2D eigenvalue weighted by Crippen LogP contribution is 2.21. The van der Waals surface area contributed by atoms with Crippen molar-refractivity contribution in [3.63, 3.8) is 0 Å². The van der Waals surface area contributed by atoms with Gasteiger partial charge < -0.3 is 15.3 Å². The highest BCUT2D eigenvalue weighted by Gasteiger charge is 2.26. The molecular weight excluding hydrogens is 394 g/mol. The van der Waals surface area contributed by atoms with E-state index in [9.17, 15) is 23.1 Å². The Labute approximate surface area is 169 Å². The first-order chi connectivity index (χ1) is 13.7. The van der Waals surface area contributed by atoms with E-state index in [0.29, 0.717) is 37.2 Å². The number of carbonyl (C=O) groups is 2. The number of anilines is 1. The fourth-order valence-electron chi connectivity index (χ4n) is 3.22. The minimum absolute atomic E-state index is 0.0401. The molecular formula is C20H23N3O5S. The van der Waals surface area contributed by atoms with Crippen LogP contribution in [0.3, 0.4) is 0 Å². The molecule has 3 N–H and O–H groups in total. The SMILES string of the molecule is CS(=O)(=O)Nc1ccc(C(=O)NC2CCN(C(=O)c3ccccc3O)CC2)cc1. The number of nitrogens with zero attached hydrogens (tertiary/aromatic N) is 1. The summed E-state index contributed by atoms with van der Waals surface area (Å²) in [5.74, 6) is -0.509. The maximum absolute atomic E-state index is 12.5. The van der Waals surface area contributed by atoms with Crippen LogP contribution in [0.4, 0.5) is 5.69 Å². The van der Waals surface area contributed by atoms with Crippen LogP contribution in [-0.4, -0.2) is 55.6 Å². The Hall–Kier alpha value is -3.07. The maximum atomic E-state index is 12.5. The molecule has 2 amide bonds. The minimum atomic E-state index is -3.37. The van der Waals surface area contributed by atoms with Crippen molar-refractivity contribution in [1.29, 1.82) is 0 Å². The van der Waals surface area contributed by atoms with Crippen LogP contribution in [0.25, 0.3) is 0 Å². The van der Waals surface area contributed by atoms with Crippen molar-refractivity contribution in [2.45, 2.75) is 18.9 Å². The molecule has 0 aliphatic carbocycles. The van der Waals surface area contributed by atoms with Crippen molar-refractivity contribution in [3.8, 4) is 5.75 Å². The van der Waals surface area contributed by atoms with Gasteiger partial charge in [-0.15, -0.1) is 0 Å². The van der Waals surface area contributed by atoms with E-state index in [1.165, 1.54) is 18.2 Å². The summed E-state index contributed by atoms with van der Waals surface area (Å²) in [5.41, 5.74) is 1.09. The fraction of sp³-hybridized carbons (Fsp3) is 0.300. The number of hydrogen-bond acceptors (Lipinski definition) is 5. The zero-order valence-electron chi connectivity index (χ0n) is 16.0. The summed E-state index contributed by atoms with van der Waals surface area (Å²) in [7, 11) is -3.37. The number of amides is 2. The lowest BCUT2D eigenvalue weighted by molar-refractivity contribution is 0.0695. The molecule has 154 valence electrons. The molecule has 0 bridgehead atoms. The summed E-state index contributed by atoms with van der Waals surface area (Å²) >= 11 is 0. The van der Waals surface area contributed by atoms with Gasteiger partial charge >= 0.3 is 0 Å². The van der Waals surface area contributed by atoms with Crippen molar-refractivity contribution in [2.75, 3.05) is 24.1 Å². The number of phenols is 1. The number of aromatic hydroxyl groups is 1. The van der Waals surface area contributed by atoms with Crippen LogP contribution in [0.1, 0.15) is 33.6 Å². The van der Waals surface area contributed by atoms with Gasteiger partial charge in [0.2, 0.25) is 10.0 Å². The zero-order chi connectivity index (χ0) is 21.0. The molecule has 1 saturated heterocycles. The number of para-hydroxylation sites is 1. The number of sulfonamides is 1. The van der Waals surface area contributed by atoms with Gasteiger partial charge in [0.25, 0.3) is 11.8 Å². The van der Waals surface area contributed by atoms with Gasteiger partial charge in [-0.05, 0) is 49.2 Å². The van der Waals surface area contributed by atoms with Gasteiger partial charge in [-0.2, -0.15) is 0 Å². The van der Waals surface area contributed by atoms with Crippen LogP contribution >= 0.6 is 0 Å². The molecule has 1 fully saturated rings. The Kier molecular flexibility index (Phi) is 6.07. The van der Waals surface area contributed by atoms with Crippen LogP contribution < -0.4 is 10.0 Å². The summed E-state index contributed by atoms with van der Waals surface area (Å²) in [5, 5.41) is 12.8. The van der Waals surface area contributed by atoms with E-state index < -0.39 is 10.0 Å². The van der Waals surface area contributed by atoms with E-state index in [2.05, 4.69) is 10.0 Å². The summed E-state index contributed by atoms with van der Waals surface area (Å²) in [6, 6.07) is 12.6. The number of rotatable bonds is 5. The van der Waals surface area contributed by atoms with Crippen molar-refractivity contribution in [1.82, 2.24) is 10.2 Å². The van der Waals surface area contributed by atoms with Gasteiger partial charge in [-0.25, -0.2) is 8.42 Å². The third kappa shape index (κ3) is 5.47. The maximum Gasteiger partial charge on any atom is 0.257 e. The molecule has 2 aromatic carbocycles. The quantitative estimate of drug-likeness (QED) is 0.686. The van der Waals surface area contributed by atoms with E-state index in [1.807, 2.05) is 0 Å². The molecule has 8 nitrogen and oxygen atoms in total. The Morgan fingerprint density at radius 1 is 1.03 bits per heavy atom. The van der Waals surface area contributed by atoms with Gasteiger partial charge in [0.1, 0.15) is 5.75 Å². The second-order valence-electron chi connectivity index (χ2n) is 7.01. The van der Waals surface area contributed by atoms with E-state index in [-0.39, 0.29) is 29.2 Å². The number of carbonyl (C=O) groups excluding carboxylic acids is 2. The summed E-state index contributed by atoms with van der Waals surface area (Å²) in [4.78, 5) is 26.6. The molecule has 9 heteroatoms. The Morgan fingerprint density at radius 2 is 1.66 bits per heavy atom. The molecule has 0 saturated carbocycles. The summed E-state index contributed by atoms with van der Waals surface area (Å²) in [6.07, 6.45) is 2.28. The molecule has 0 spiro atoms. The zero-order valence-corrected chi connectivity index (χ0v) is 16.8. The number of hydrogen-bond donors (Lipinski definition) is 3. The normalized spacial score (nSPS) is 15.0. The average Bonchev–Trinajstić information content (AvgIpc) is 2.68. The molecule has 29 heavy (non-hydrogen) atoms. The molecule has 0 radical (unpaired) electrons. The van der Waals surface area contributed by atoms with Crippen LogP contribution in [0.5, 0.6) is 5.75 Å². The second-order valence-corrected chi connectivity index (χ2v) is 8.76. The molecule has 1 aliphatic rings. The van der Waals surface area contributed by atoms with E-state index >= 15 is 0 Å². The average molecular weight is 417 g/mol. The van der Waals surface area contributed by atoms with Crippen molar-refractivity contribution >= 4 is 27.5 Å². The molecule has 0 atom stereocenters. The highest BCUT2D eigenvalue weighted by molar-refractivity contribution is 7.92. The third-order valence-electron chi connectivity index (χ3n) is 4.70. The highest BCUT2D eigenvalue weighted by atomic mass is 32.2. The van der Waals surface area contributed by atoms with Gasteiger partial charge in [0.15, 0.2) is 0 Å². The molecule has 3 rings (SSSR count). The fourth-order valence-corrected chi connectivity index (χ4v) is 3.79. The van der Waals surface area contributed by atoms with Crippen LogP contribution in [0.15, 0.2) is 48.5 Å². The monoisotopic (exact) mass is 417 g/mol. The predicted octanol–water partition coefficient (Wildman–Crippen LogP) is 1.80. The molecule has 2 aromatic rings. The molecule has 1 heterocycles. The van der Waals surface area contributed by atoms with Crippen molar-refractivity contribution in [2.24, 2.45) is 0 Å². The Bertz CT molecular complexity index is 997. The number of nitrogens with one attached hydrogen (secondary N) is 2. The lowest BCUT2D eigenvalue weighted by Gasteiger charge is -2.32. The lowest BCUT2D eigenvalue weighted by Crippen LogP contribution is -2.46. The van der Waals surface area contributed by atoms with Gasteiger partial charge in [-0.1, -0.05) is 12.1 Å². The van der Waals surface area contributed by atoms with Crippen molar-refractivity contribution < 1.29 is 23.1 Å². The van der Waals surface area contributed by atoms with Gasteiger partial charge in [-0.3, -0.25) is 14.3 Å². The number of likely N-dealkylation sites (tertiary alicyclic amines) is 1.